The highest BCUT2D eigenvalue weighted by Gasteiger charge is 2.50. The van der Waals surface area contributed by atoms with Crippen molar-refractivity contribution in [2.75, 3.05) is 5.75 Å². The first-order valence-corrected chi connectivity index (χ1v) is 7.36. The summed E-state index contributed by atoms with van der Waals surface area (Å²) in [6, 6.07) is 0. The average Bonchev–Trinajstić information content (AvgIpc) is 2.69. The SMILES string of the molecule is CC1(C)CC(C(O)C2CCCS2)C(C)(C)O1. The smallest absolute Gasteiger partial charge is 0.0715 e. The first kappa shape index (κ1) is 12.7. The van der Waals surface area contributed by atoms with E-state index >= 15 is 0 Å². The molecular weight excluding hydrogens is 220 g/mol. The molecule has 0 radical (unpaired) electrons. The zero-order chi connectivity index (χ0) is 12.0. The van der Waals surface area contributed by atoms with Crippen molar-refractivity contribution in [3.63, 3.8) is 0 Å². The Labute approximate surface area is 103 Å². The number of ether oxygens (including phenoxy) is 1. The number of hydrogen-bond donors (Lipinski definition) is 1. The molecule has 0 spiro atoms. The summed E-state index contributed by atoms with van der Waals surface area (Å²) in [5.74, 6) is 1.48. The Hall–Kier alpha value is 0.270. The average molecular weight is 244 g/mol. The molecule has 2 aliphatic heterocycles. The van der Waals surface area contributed by atoms with Crippen molar-refractivity contribution >= 4 is 11.8 Å². The Kier molecular flexibility index (Phi) is 3.32. The van der Waals surface area contributed by atoms with Gasteiger partial charge < -0.3 is 9.84 Å². The van der Waals surface area contributed by atoms with Gasteiger partial charge in [0.25, 0.3) is 0 Å². The van der Waals surface area contributed by atoms with E-state index in [1.807, 2.05) is 11.8 Å². The lowest BCUT2D eigenvalue weighted by Crippen LogP contribution is -2.40. The van der Waals surface area contributed by atoms with Crippen LogP contribution in [0.2, 0.25) is 0 Å². The number of aliphatic hydroxyl groups excluding tert-OH is 1. The van der Waals surface area contributed by atoms with Crippen LogP contribution >= 0.6 is 11.8 Å². The van der Waals surface area contributed by atoms with E-state index in [0.717, 1.165) is 6.42 Å². The molecule has 0 bridgehead atoms. The van der Waals surface area contributed by atoms with Gasteiger partial charge in [0.05, 0.1) is 17.3 Å². The van der Waals surface area contributed by atoms with Gasteiger partial charge in [-0.2, -0.15) is 11.8 Å². The molecule has 2 rings (SSSR count). The Bertz CT molecular complexity index is 257. The minimum atomic E-state index is -0.204. The second-order valence-electron chi connectivity index (χ2n) is 6.32. The second kappa shape index (κ2) is 4.18. The molecule has 16 heavy (non-hydrogen) atoms. The van der Waals surface area contributed by atoms with Crippen LogP contribution in [-0.4, -0.2) is 33.4 Å². The van der Waals surface area contributed by atoms with Crippen molar-refractivity contribution in [2.24, 2.45) is 5.92 Å². The van der Waals surface area contributed by atoms with Crippen molar-refractivity contribution in [1.82, 2.24) is 0 Å². The summed E-state index contributed by atoms with van der Waals surface area (Å²) in [6.07, 6.45) is 3.19. The monoisotopic (exact) mass is 244 g/mol. The summed E-state index contributed by atoms with van der Waals surface area (Å²) in [7, 11) is 0. The van der Waals surface area contributed by atoms with Crippen LogP contribution in [0.1, 0.15) is 47.0 Å². The normalized spacial score (nSPS) is 38.8. The Morgan fingerprint density at radius 2 is 2.00 bits per heavy atom. The van der Waals surface area contributed by atoms with E-state index in [2.05, 4.69) is 27.7 Å². The molecule has 3 heteroatoms. The third-order valence-electron chi connectivity index (χ3n) is 3.90. The van der Waals surface area contributed by atoms with Crippen LogP contribution in [0.3, 0.4) is 0 Å². The summed E-state index contributed by atoms with van der Waals surface area (Å²) >= 11 is 1.93. The third kappa shape index (κ3) is 2.41. The second-order valence-corrected chi connectivity index (χ2v) is 7.66. The zero-order valence-corrected chi connectivity index (χ0v) is 11.6. The van der Waals surface area contributed by atoms with Crippen molar-refractivity contribution in [3.05, 3.63) is 0 Å². The molecule has 0 aromatic rings. The topological polar surface area (TPSA) is 29.5 Å². The molecule has 2 aliphatic rings. The Balaban J connectivity index is 2.08. The fourth-order valence-corrected chi connectivity index (χ4v) is 4.62. The highest BCUT2D eigenvalue weighted by atomic mass is 32.2. The van der Waals surface area contributed by atoms with Crippen molar-refractivity contribution in [1.29, 1.82) is 0 Å². The molecule has 2 nitrogen and oxygen atoms in total. The maximum Gasteiger partial charge on any atom is 0.0715 e. The van der Waals surface area contributed by atoms with Crippen LogP contribution in [0.4, 0.5) is 0 Å². The molecule has 0 amide bonds. The summed E-state index contributed by atoms with van der Waals surface area (Å²) < 4.78 is 6.06. The van der Waals surface area contributed by atoms with Crippen LogP contribution in [0.5, 0.6) is 0 Å². The van der Waals surface area contributed by atoms with Gasteiger partial charge in [0.2, 0.25) is 0 Å². The Morgan fingerprint density at radius 1 is 1.31 bits per heavy atom. The van der Waals surface area contributed by atoms with Gasteiger partial charge in [-0.15, -0.1) is 0 Å². The van der Waals surface area contributed by atoms with Crippen molar-refractivity contribution in [2.45, 2.75) is 69.5 Å². The molecule has 0 saturated carbocycles. The molecule has 0 aromatic heterocycles. The van der Waals surface area contributed by atoms with Gasteiger partial charge in [-0.05, 0) is 52.7 Å². The van der Waals surface area contributed by atoms with E-state index in [9.17, 15) is 5.11 Å². The van der Waals surface area contributed by atoms with E-state index in [-0.39, 0.29) is 23.2 Å². The molecule has 3 atom stereocenters. The predicted octanol–water partition coefficient (Wildman–Crippen LogP) is 2.84. The number of hydrogen-bond acceptors (Lipinski definition) is 3. The highest BCUT2D eigenvalue weighted by Crippen LogP contribution is 2.46. The first-order valence-electron chi connectivity index (χ1n) is 6.32. The maximum absolute atomic E-state index is 10.5. The van der Waals surface area contributed by atoms with E-state index < -0.39 is 0 Å². The minimum Gasteiger partial charge on any atom is -0.392 e. The van der Waals surface area contributed by atoms with Gasteiger partial charge in [-0.25, -0.2) is 0 Å². The standard InChI is InChI=1S/C13H24O2S/c1-12(2)8-9(13(3,4)15-12)11(14)10-6-5-7-16-10/h9-11,14H,5-8H2,1-4H3. The molecule has 0 aromatic carbocycles. The van der Waals surface area contributed by atoms with Gasteiger partial charge in [-0.1, -0.05) is 0 Å². The van der Waals surface area contributed by atoms with Gasteiger partial charge >= 0.3 is 0 Å². The van der Waals surface area contributed by atoms with E-state index in [4.69, 9.17) is 4.74 Å². The first-order chi connectivity index (χ1) is 7.32. The largest absolute Gasteiger partial charge is 0.392 e. The lowest BCUT2D eigenvalue weighted by Gasteiger charge is -2.32. The highest BCUT2D eigenvalue weighted by molar-refractivity contribution is 8.00. The molecule has 2 fully saturated rings. The van der Waals surface area contributed by atoms with Gasteiger partial charge in [0.15, 0.2) is 0 Å². The fourth-order valence-electron chi connectivity index (χ4n) is 3.27. The van der Waals surface area contributed by atoms with Gasteiger partial charge in [0, 0.05) is 11.2 Å². The summed E-state index contributed by atoms with van der Waals surface area (Å²) in [5.41, 5.74) is -0.273. The maximum atomic E-state index is 10.5. The van der Waals surface area contributed by atoms with E-state index in [1.54, 1.807) is 0 Å². The zero-order valence-electron chi connectivity index (χ0n) is 10.8. The number of thioether (sulfide) groups is 1. The third-order valence-corrected chi connectivity index (χ3v) is 5.37. The van der Waals surface area contributed by atoms with Crippen molar-refractivity contribution < 1.29 is 9.84 Å². The summed E-state index contributed by atoms with van der Waals surface area (Å²) in [5, 5.41) is 10.9. The van der Waals surface area contributed by atoms with Crippen LogP contribution in [0, 0.1) is 5.92 Å². The number of aliphatic hydroxyl groups is 1. The van der Waals surface area contributed by atoms with E-state index in [0.29, 0.717) is 5.25 Å². The quantitative estimate of drug-likeness (QED) is 0.810. The molecule has 3 unspecified atom stereocenters. The summed E-state index contributed by atoms with van der Waals surface area (Å²) in [6.45, 7) is 8.50. The summed E-state index contributed by atoms with van der Waals surface area (Å²) in [4.78, 5) is 0. The number of rotatable bonds is 2. The molecule has 94 valence electrons. The predicted molar refractivity (Wildman–Crippen MR) is 68.8 cm³/mol. The molecular formula is C13H24O2S. The lowest BCUT2D eigenvalue weighted by atomic mass is 9.81. The molecule has 2 heterocycles. The molecule has 1 N–H and O–H groups in total. The lowest BCUT2D eigenvalue weighted by molar-refractivity contribution is -0.0875. The minimum absolute atomic E-state index is 0.0849. The van der Waals surface area contributed by atoms with Crippen molar-refractivity contribution in [3.8, 4) is 0 Å². The van der Waals surface area contributed by atoms with Gasteiger partial charge in [0.1, 0.15) is 0 Å². The Morgan fingerprint density at radius 3 is 2.44 bits per heavy atom. The van der Waals surface area contributed by atoms with Gasteiger partial charge in [-0.3, -0.25) is 0 Å². The van der Waals surface area contributed by atoms with Crippen LogP contribution in [0.15, 0.2) is 0 Å². The molecule has 0 aliphatic carbocycles. The fraction of sp³-hybridized carbons (Fsp3) is 1.00. The molecule has 2 saturated heterocycles. The van der Waals surface area contributed by atoms with Crippen LogP contribution < -0.4 is 0 Å². The van der Waals surface area contributed by atoms with E-state index in [1.165, 1.54) is 18.6 Å². The van der Waals surface area contributed by atoms with Crippen LogP contribution in [-0.2, 0) is 4.74 Å². The van der Waals surface area contributed by atoms with Crippen LogP contribution in [0.25, 0.3) is 0 Å².